The Morgan fingerprint density at radius 3 is 2.37 bits per heavy atom. The normalized spacial score (nSPS) is 18.6. The molecular weight excluding hydrogens is 365 g/mol. The molecule has 3 amide bonds. The number of amides is 3. The van der Waals surface area contributed by atoms with E-state index in [1.54, 1.807) is 4.90 Å². The summed E-state index contributed by atoms with van der Waals surface area (Å²) in [6.45, 7) is -0.0139. The first-order chi connectivity index (χ1) is 12.8. The Labute approximate surface area is 154 Å². The first kappa shape index (κ1) is 19.4. The molecule has 0 N–H and O–H groups in total. The summed E-state index contributed by atoms with van der Waals surface area (Å²) in [5.74, 6) is -1.07. The van der Waals surface area contributed by atoms with Gasteiger partial charge in [0.15, 0.2) is 5.69 Å². The van der Waals surface area contributed by atoms with E-state index < -0.39 is 11.9 Å². The van der Waals surface area contributed by atoms with Gasteiger partial charge in [-0.1, -0.05) is 12.8 Å². The maximum absolute atomic E-state index is 12.7. The van der Waals surface area contributed by atoms with E-state index in [9.17, 15) is 27.6 Å². The van der Waals surface area contributed by atoms with Gasteiger partial charge in [-0.25, -0.2) is 0 Å². The Kier molecular flexibility index (Phi) is 5.52. The van der Waals surface area contributed by atoms with E-state index in [1.165, 1.54) is 6.20 Å². The summed E-state index contributed by atoms with van der Waals surface area (Å²) < 4.78 is 39.2. The molecule has 1 aliphatic carbocycles. The van der Waals surface area contributed by atoms with Gasteiger partial charge in [-0.3, -0.25) is 24.0 Å². The van der Waals surface area contributed by atoms with E-state index in [2.05, 4.69) is 5.10 Å². The van der Waals surface area contributed by atoms with E-state index in [0.717, 1.165) is 41.3 Å². The molecule has 10 heteroatoms. The van der Waals surface area contributed by atoms with Crippen LogP contribution in [-0.4, -0.2) is 56.4 Å². The lowest BCUT2D eigenvalue weighted by Gasteiger charge is -2.30. The van der Waals surface area contributed by atoms with Crippen molar-refractivity contribution in [1.29, 1.82) is 0 Å². The molecule has 7 nitrogen and oxygen atoms in total. The van der Waals surface area contributed by atoms with Crippen LogP contribution in [0.2, 0.25) is 0 Å². The van der Waals surface area contributed by atoms with Crippen molar-refractivity contribution in [3.05, 3.63) is 18.0 Å². The van der Waals surface area contributed by atoms with Gasteiger partial charge in [0.05, 0.1) is 6.54 Å². The van der Waals surface area contributed by atoms with E-state index in [0.29, 0.717) is 0 Å². The monoisotopic (exact) mass is 386 g/mol. The average molecular weight is 386 g/mol. The Morgan fingerprint density at radius 2 is 1.81 bits per heavy atom. The third kappa shape index (κ3) is 4.48. The molecule has 1 aromatic heterocycles. The highest BCUT2D eigenvalue weighted by molar-refractivity contribution is 6.04. The van der Waals surface area contributed by atoms with Crippen LogP contribution in [0.5, 0.6) is 0 Å². The van der Waals surface area contributed by atoms with E-state index in [4.69, 9.17) is 0 Å². The van der Waals surface area contributed by atoms with Crippen molar-refractivity contribution in [2.75, 3.05) is 13.1 Å². The third-order valence-electron chi connectivity index (χ3n) is 5.04. The van der Waals surface area contributed by atoms with Crippen LogP contribution in [-0.2, 0) is 27.1 Å². The standard InChI is InChI=1S/C17H21F3N4O3/c18-17(19,20)13-7-8-22(21-13)9-10-23(12-3-1-2-4-12)16(27)11-24-14(25)5-6-15(24)26/h7-8,12H,1-6,9-11H2. The lowest BCUT2D eigenvalue weighted by Crippen LogP contribution is -2.47. The molecule has 0 radical (unpaired) electrons. The highest BCUT2D eigenvalue weighted by Gasteiger charge is 2.35. The van der Waals surface area contributed by atoms with Crippen LogP contribution in [0.25, 0.3) is 0 Å². The second-order valence-electron chi connectivity index (χ2n) is 6.86. The molecule has 0 bridgehead atoms. The van der Waals surface area contributed by atoms with E-state index in [-0.39, 0.29) is 56.2 Å². The SMILES string of the molecule is O=C1CCC(=O)N1CC(=O)N(CCn1ccc(C(F)(F)F)n1)C1CCCC1. The molecule has 1 saturated heterocycles. The highest BCUT2D eigenvalue weighted by Crippen LogP contribution is 2.27. The first-order valence-electron chi connectivity index (χ1n) is 8.99. The van der Waals surface area contributed by atoms with Gasteiger partial charge in [-0.05, 0) is 18.9 Å². The van der Waals surface area contributed by atoms with Crippen LogP contribution < -0.4 is 0 Å². The van der Waals surface area contributed by atoms with Crippen molar-refractivity contribution in [2.45, 2.75) is 57.3 Å². The number of rotatable bonds is 6. The van der Waals surface area contributed by atoms with Crippen molar-refractivity contribution >= 4 is 17.7 Å². The lowest BCUT2D eigenvalue weighted by atomic mass is 10.2. The zero-order valence-corrected chi connectivity index (χ0v) is 14.7. The smallest absolute Gasteiger partial charge is 0.336 e. The topological polar surface area (TPSA) is 75.5 Å². The maximum atomic E-state index is 12.7. The zero-order valence-electron chi connectivity index (χ0n) is 14.7. The number of imide groups is 1. The van der Waals surface area contributed by atoms with Crippen molar-refractivity contribution in [3.8, 4) is 0 Å². The van der Waals surface area contributed by atoms with Crippen LogP contribution in [0.4, 0.5) is 13.2 Å². The predicted octanol–water partition coefficient (Wildman–Crippen LogP) is 1.82. The molecular formula is C17H21F3N4O3. The minimum absolute atomic E-state index is 0.0250. The minimum atomic E-state index is -4.51. The number of carbonyl (C=O) groups is 3. The van der Waals surface area contributed by atoms with Gasteiger partial charge in [0.1, 0.15) is 6.54 Å². The maximum Gasteiger partial charge on any atom is 0.435 e. The fourth-order valence-corrected chi connectivity index (χ4v) is 3.60. The van der Waals surface area contributed by atoms with Gasteiger partial charge in [0, 0.05) is 31.6 Å². The quantitative estimate of drug-likeness (QED) is 0.699. The number of carbonyl (C=O) groups excluding carboxylic acids is 3. The predicted molar refractivity (Wildman–Crippen MR) is 87.2 cm³/mol. The van der Waals surface area contributed by atoms with Gasteiger partial charge < -0.3 is 4.90 Å². The molecule has 148 valence electrons. The van der Waals surface area contributed by atoms with Gasteiger partial charge in [-0.2, -0.15) is 18.3 Å². The summed E-state index contributed by atoms with van der Waals surface area (Å²) in [5.41, 5.74) is -0.977. The average Bonchev–Trinajstić information content (AvgIpc) is 3.33. The summed E-state index contributed by atoms with van der Waals surface area (Å²) in [6.07, 6.45) is 0.496. The molecule has 27 heavy (non-hydrogen) atoms. The van der Waals surface area contributed by atoms with Crippen molar-refractivity contribution in [3.63, 3.8) is 0 Å². The summed E-state index contributed by atoms with van der Waals surface area (Å²) in [4.78, 5) is 38.8. The highest BCUT2D eigenvalue weighted by atomic mass is 19.4. The van der Waals surface area contributed by atoms with Crippen LogP contribution >= 0.6 is 0 Å². The minimum Gasteiger partial charge on any atom is -0.336 e. The van der Waals surface area contributed by atoms with Crippen molar-refractivity contribution in [1.82, 2.24) is 19.6 Å². The van der Waals surface area contributed by atoms with Gasteiger partial charge in [0.25, 0.3) is 0 Å². The summed E-state index contributed by atoms with van der Waals surface area (Å²) in [7, 11) is 0. The molecule has 0 aromatic carbocycles. The number of hydrogen-bond donors (Lipinski definition) is 0. The molecule has 2 heterocycles. The lowest BCUT2D eigenvalue weighted by molar-refractivity contribution is -0.146. The van der Waals surface area contributed by atoms with Gasteiger partial charge in [0.2, 0.25) is 17.7 Å². The number of aromatic nitrogens is 2. The summed E-state index contributed by atoms with van der Waals surface area (Å²) >= 11 is 0. The molecule has 2 aliphatic rings. The second kappa shape index (κ2) is 7.69. The Hall–Kier alpha value is -2.39. The summed E-state index contributed by atoms with van der Waals surface area (Å²) in [5, 5.41) is 3.50. The molecule has 1 aromatic rings. The number of alkyl halides is 3. The first-order valence-corrected chi connectivity index (χ1v) is 8.99. The summed E-state index contributed by atoms with van der Waals surface area (Å²) in [6, 6.07) is 0.867. The molecule has 3 rings (SSSR count). The molecule has 0 spiro atoms. The second-order valence-corrected chi connectivity index (χ2v) is 6.86. The molecule has 2 fully saturated rings. The fourth-order valence-electron chi connectivity index (χ4n) is 3.60. The largest absolute Gasteiger partial charge is 0.435 e. The van der Waals surface area contributed by atoms with Crippen LogP contribution in [0, 0.1) is 0 Å². The number of nitrogens with zero attached hydrogens (tertiary/aromatic N) is 4. The molecule has 1 saturated carbocycles. The van der Waals surface area contributed by atoms with Crippen LogP contribution in [0.1, 0.15) is 44.2 Å². The van der Waals surface area contributed by atoms with E-state index in [1.807, 2.05) is 0 Å². The number of hydrogen-bond acceptors (Lipinski definition) is 4. The van der Waals surface area contributed by atoms with Crippen molar-refractivity contribution in [2.24, 2.45) is 0 Å². The van der Waals surface area contributed by atoms with Crippen LogP contribution in [0.15, 0.2) is 12.3 Å². The van der Waals surface area contributed by atoms with Crippen LogP contribution in [0.3, 0.4) is 0 Å². The Morgan fingerprint density at radius 1 is 1.19 bits per heavy atom. The number of halogens is 3. The zero-order chi connectivity index (χ0) is 19.6. The van der Waals surface area contributed by atoms with E-state index >= 15 is 0 Å². The van der Waals surface area contributed by atoms with Gasteiger partial charge >= 0.3 is 6.18 Å². The number of likely N-dealkylation sites (tertiary alicyclic amines) is 1. The third-order valence-corrected chi connectivity index (χ3v) is 5.04. The Bertz CT molecular complexity index is 709. The molecule has 0 unspecified atom stereocenters. The Balaban J connectivity index is 1.66. The van der Waals surface area contributed by atoms with Crippen molar-refractivity contribution < 1.29 is 27.6 Å². The molecule has 0 atom stereocenters. The molecule has 1 aliphatic heterocycles. The van der Waals surface area contributed by atoms with Gasteiger partial charge in [-0.15, -0.1) is 0 Å². The fraction of sp³-hybridized carbons (Fsp3) is 0.647.